The van der Waals surface area contributed by atoms with Crippen molar-refractivity contribution in [2.45, 2.75) is 31.3 Å². The van der Waals surface area contributed by atoms with Crippen molar-refractivity contribution >= 4 is 16.3 Å². The van der Waals surface area contributed by atoms with Crippen molar-refractivity contribution < 1.29 is 4.92 Å². The SMILES string of the molecule is CN(C)C1(CNCc2ccc([N+](=O)[O-])s2)CCC1. The molecule has 0 amide bonds. The van der Waals surface area contributed by atoms with E-state index in [1.54, 1.807) is 6.07 Å². The molecule has 5 nitrogen and oxygen atoms in total. The van der Waals surface area contributed by atoms with Crippen molar-refractivity contribution in [3.8, 4) is 0 Å². The number of nitrogens with zero attached hydrogens (tertiary/aromatic N) is 2. The van der Waals surface area contributed by atoms with Crippen molar-refractivity contribution in [3.05, 3.63) is 27.1 Å². The molecule has 0 spiro atoms. The molecule has 2 rings (SSSR count). The fourth-order valence-corrected chi connectivity index (χ4v) is 3.13. The lowest BCUT2D eigenvalue weighted by Crippen LogP contribution is -2.56. The van der Waals surface area contributed by atoms with Gasteiger partial charge in [0.1, 0.15) is 0 Å². The Kier molecular flexibility index (Phi) is 3.99. The molecular weight excluding hydrogens is 250 g/mol. The predicted molar refractivity (Wildman–Crippen MR) is 72.9 cm³/mol. The highest BCUT2D eigenvalue weighted by Gasteiger charge is 2.38. The van der Waals surface area contributed by atoms with Gasteiger partial charge in [-0.15, -0.1) is 0 Å². The number of nitro groups is 1. The summed E-state index contributed by atoms with van der Waals surface area (Å²) in [5, 5.41) is 14.2. The standard InChI is InChI=1S/C12H19N3O2S/c1-14(2)12(6-3-7-12)9-13-8-10-4-5-11(18-10)15(16)17/h4-5,13H,3,6-9H2,1-2H3. The summed E-state index contributed by atoms with van der Waals surface area (Å²) in [7, 11) is 4.24. The van der Waals surface area contributed by atoms with E-state index < -0.39 is 0 Å². The number of likely N-dealkylation sites (N-methyl/N-ethyl adjacent to an activating group) is 1. The first-order valence-corrected chi connectivity index (χ1v) is 6.96. The largest absolute Gasteiger partial charge is 0.324 e. The fraction of sp³-hybridized carbons (Fsp3) is 0.667. The number of nitrogens with one attached hydrogen (secondary N) is 1. The Bertz CT molecular complexity index is 427. The third-order valence-corrected chi connectivity index (χ3v) is 4.85. The fourth-order valence-electron chi connectivity index (χ4n) is 2.35. The van der Waals surface area contributed by atoms with E-state index in [9.17, 15) is 10.1 Å². The van der Waals surface area contributed by atoms with Crippen LogP contribution in [0.15, 0.2) is 12.1 Å². The monoisotopic (exact) mass is 269 g/mol. The molecule has 6 heteroatoms. The van der Waals surface area contributed by atoms with E-state index in [-0.39, 0.29) is 9.92 Å². The van der Waals surface area contributed by atoms with E-state index in [4.69, 9.17) is 0 Å². The van der Waals surface area contributed by atoms with Crippen LogP contribution in [-0.2, 0) is 6.54 Å². The Balaban J connectivity index is 1.82. The first-order chi connectivity index (χ1) is 8.53. The van der Waals surface area contributed by atoms with Gasteiger partial charge < -0.3 is 10.2 Å². The zero-order valence-corrected chi connectivity index (χ0v) is 11.6. The predicted octanol–water partition coefficient (Wildman–Crippen LogP) is 2.23. The lowest BCUT2D eigenvalue weighted by Gasteiger charge is -2.47. The summed E-state index contributed by atoms with van der Waals surface area (Å²) in [6, 6.07) is 3.41. The molecule has 0 aromatic carbocycles. The van der Waals surface area contributed by atoms with Gasteiger partial charge in [0, 0.05) is 29.6 Å². The van der Waals surface area contributed by atoms with Gasteiger partial charge in [0.15, 0.2) is 0 Å². The van der Waals surface area contributed by atoms with E-state index in [1.807, 2.05) is 6.07 Å². The van der Waals surface area contributed by atoms with E-state index in [2.05, 4.69) is 24.3 Å². The maximum Gasteiger partial charge on any atom is 0.324 e. The molecule has 0 unspecified atom stereocenters. The van der Waals surface area contributed by atoms with Crippen LogP contribution in [0.5, 0.6) is 0 Å². The van der Waals surface area contributed by atoms with Gasteiger partial charge in [0.2, 0.25) is 0 Å². The van der Waals surface area contributed by atoms with Crippen molar-refractivity contribution in [3.63, 3.8) is 0 Å². The minimum absolute atomic E-state index is 0.220. The molecule has 1 N–H and O–H groups in total. The molecule has 0 saturated heterocycles. The van der Waals surface area contributed by atoms with E-state index in [1.165, 1.54) is 30.6 Å². The Labute approximate surface area is 111 Å². The Hall–Kier alpha value is -0.980. The van der Waals surface area contributed by atoms with Crippen LogP contribution in [0.3, 0.4) is 0 Å². The van der Waals surface area contributed by atoms with E-state index in [0.717, 1.165) is 11.4 Å². The quantitative estimate of drug-likeness (QED) is 0.635. The molecule has 0 radical (unpaired) electrons. The topological polar surface area (TPSA) is 58.4 Å². The van der Waals surface area contributed by atoms with Gasteiger partial charge in [-0.05, 0) is 39.4 Å². The van der Waals surface area contributed by atoms with Crippen LogP contribution >= 0.6 is 11.3 Å². The van der Waals surface area contributed by atoms with Crippen LogP contribution in [0.1, 0.15) is 24.1 Å². The molecule has 100 valence electrons. The van der Waals surface area contributed by atoms with Gasteiger partial charge >= 0.3 is 5.00 Å². The highest BCUT2D eigenvalue weighted by atomic mass is 32.1. The van der Waals surface area contributed by atoms with Gasteiger partial charge in [-0.25, -0.2) is 0 Å². The summed E-state index contributed by atoms with van der Waals surface area (Å²) in [4.78, 5) is 13.6. The summed E-state index contributed by atoms with van der Waals surface area (Å²) < 4.78 is 0. The smallest absolute Gasteiger partial charge is 0.310 e. The van der Waals surface area contributed by atoms with Crippen LogP contribution in [0.25, 0.3) is 0 Å². The Morgan fingerprint density at radius 3 is 2.67 bits per heavy atom. The van der Waals surface area contributed by atoms with Crippen molar-refractivity contribution in [1.82, 2.24) is 10.2 Å². The van der Waals surface area contributed by atoms with Crippen LogP contribution in [-0.4, -0.2) is 36.0 Å². The third-order valence-electron chi connectivity index (χ3n) is 3.81. The third kappa shape index (κ3) is 2.71. The minimum Gasteiger partial charge on any atom is -0.310 e. The minimum atomic E-state index is -0.332. The molecule has 1 aliphatic carbocycles. The molecule has 1 saturated carbocycles. The molecule has 0 atom stereocenters. The zero-order valence-electron chi connectivity index (χ0n) is 10.8. The normalized spacial score (nSPS) is 17.7. The van der Waals surface area contributed by atoms with Gasteiger partial charge in [0.25, 0.3) is 0 Å². The Morgan fingerprint density at radius 1 is 1.50 bits per heavy atom. The lowest BCUT2D eigenvalue weighted by atomic mass is 9.75. The molecular formula is C12H19N3O2S. The van der Waals surface area contributed by atoms with E-state index in [0.29, 0.717) is 12.1 Å². The van der Waals surface area contributed by atoms with Crippen molar-refractivity contribution in [2.75, 3.05) is 20.6 Å². The van der Waals surface area contributed by atoms with Crippen LogP contribution in [0.4, 0.5) is 5.00 Å². The first-order valence-electron chi connectivity index (χ1n) is 6.15. The van der Waals surface area contributed by atoms with E-state index >= 15 is 0 Å². The molecule has 1 aromatic heterocycles. The molecule has 18 heavy (non-hydrogen) atoms. The van der Waals surface area contributed by atoms with Crippen molar-refractivity contribution in [2.24, 2.45) is 0 Å². The highest BCUT2D eigenvalue weighted by Crippen LogP contribution is 2.35. The molecule has 0 aliphatic heterocycles. The van der Waals surface area contributed by atoms with Gasteiger partial charge in [-0.3, -0.25) is 10.1 Å². The van der Waals surface area contributed by atoms with Gasteiger partial charge in [-0.1, -0.05) is 11.3 Å². The second-order valence-corrected chi connectivity index (χ2v) is 6.22. The van der Waals surface area contributed by atoms with Crippen LogP contribution in [0, 0.1) is 10.1 Å². The Morgan fingerprint density at radius 2 is 2.22 bits per heavy atom. The zero-order chi connectivity index (χ0) is 13.2. The number of hydrogen-bond acceptors (Lipinski definition) is 5. The molecule has 1 aliphatic rings. The van der Waals surface area contributed by atoms with Crippen LogP contribution in [0.2, 0.25) is 0 Å². The molecule has 1 aromatic rings. The maximum absolute atomic E-state index is 10.6. The average molecular weight is 269 g/mol. The number of rotatable bonds is 6. The summed E-state index contributed by atoms with van der Waals surface area (Å²) >= 11 is 1.25. The molecule has 0 bridgehead atoms. The van der Waals surface area contributed by atoms with Crippen LogP contribution < -0.4 is 5.32 Å². The molecule has 1 heterocycles. The summed E-state index contributed by atoms with van der Waals surface area (Å²) in [6.45, 7) is 1.67. The number of thiophene rings is 1. The first kappa shape index (κ1) is 13.5. The van der Waals surface area contributed by atoms with Gasteiger partial charge in [-0.2, -0.15) is 0 Å². The second kappa shape index (κ2) is 5.34. The molecule has 1 fully saturated rings. The maximum atomic E-state index is 10.6. The summed E-state index contributed by atoms with van der Waals surface area (Å²) in [6.07, 6.45) is 3.76. The summed E-state index contributed by atoms with van der Waals surface area (Å²) in [5.41, 5.74) is 0.295. The van der Waals surface area contributed by atoms with Crippen molar-refractivity contribution in [1.29, 1.82) is 0 Å². The lowest BCUT2D eigenvalue weighted by molar-refractivity contribution is -0.380. The average Bonchev–Trinajstić information content (AvgIpc) is 2.70. The van der Waals surface area contributed by atoms with Gasteiger partial charge in [0.05, 0.1) is 4.92 Å². The second-order valence-electron chi connectivity index (χ2n) is 5.07. The summed E-state index contributed by atoms with van der Waals surface area (Å²) in [5.74, 6) is 0. The highest BCUT2D eigenvalue weighted by molar-refractivity contribution is 7.15. The number of hydrogen-bond donors (Lipinski definition) is 1.